The van der Waals surface area contributed by atoms with E-state index in [0.717, 1.165) is 18.8 Å². The van der Waals surface area contributed by atoms with E-state index in [1.165, 1.54) is 18.5 Å². The van der Waals surface area contributed by atoms with Crippen molar-refractivity contribution in [2.75, 3.05) is 42.7 Å². The Balaban J connectivity index is 1.43. The summed E-state index contributed by atoms with van der Waals surface area (Å²) in [6.07, 6.45) is -3.40. The maximum absolute atomic E-state index is 15.2. The minimum Gasteiger partial charge on any atom is -0.382 e. The van der Waals surface area contributed by atoms with Crippen LogP contribution >= 0.6 is 0 Å². The molecular formula is C26H24F5N7O2. The molecule has 2 aromatic carbocycles. The van der Waals surface area contributed by atoms with Crippen molar-refractivity contribution in [1.29, 1.82) is 0 Å². The summed E-state index contributed by atoms with van der Waals surface area (Å²) in [6.45, 7) is 4.94. The number of rotatable bonds is 5. The van der Waals surface area contributed by atoms with E-state index in [1.54, 1.807) is 11.4 Å². The van der Waals surface area contributed by atoms with Gasteiger partial charge in [-0.15, -0.1) is 0 Å². The largest absolute Gasteiger partial charge is 0.416 e. The molecule has 1 aliphatic rings. The van der Waals surface area contributed by atoms with Gasteiger partial charge in [0.1, 0.15) is 23.5 Å². The van der Waals surface area contributed by atoms with E-state index in [9.17, 15) is 22.4 Å². The number of fused-ring (bicyclic) bond motifs is 1. The number of carbonyl (C=O) groups excluding carboxylic acids is 1. The Morgan fingerprint density at radius 3 is 2.42 bits per heavy atom. The second-order valence-electron chi connectivity index (χ2n) is 9.26. The normalized spacial score (nSPS) is 14.4. The molecule has 0 saturated carbocycles. The molecule has 9 nitrogen and oxygen atoms in total. The smallest absolute Gasteiger partial charge is 0.382 e. The van der Waals surface area contributed by atoms with E-state index in [-0.39, 0.29) is 11.5 Å². The number of hydrogen-bond acceptors (Lipinski definition) is 6. The van der Waals surface area contributed by atoms with Crippen LogP contribution in [0.25, 0.3) is 16.6 Å². The SMILES string of the molecule is Cc1cc(NC(=O)Nc2cc(C(F)(F)F)ccc2F)c(F)cc1-c1cc(CN2CCOCC2)n2ncnc(N)c12. The molecule has 3 heterocycles. The Morgan fingerprint density at radius 2 is 1.73 bits per heavy atom. The van der Waals surface area contributed by atoms with Crippen LogP contribution in [-0.4, -0.2) is 51.8 Å². The van der Waals surface area contributed by atoms with Crippen molar-refractivity contribution in [2.45, 2.75) is 19.6 Å². The fourth-order valence-electron chi connectivity index (χ4n) is 4.58. The van der Waals surface area contributed by atoms with Gasteiger partial charge in [-0.1, -0.05) is 0 Å². The number of alkyl halides is 3. The topological polar surface area (TPSA) is 110 Å². The number of nitrogens with one attached hydrogen (secondary N) is 2. The van der Waals surface area contributed by atoms with Crippen LogP contribution in [0.2, 0.25) is 0 Å². The number of morpholine rings is 1. The van der Waals surface area contributed by atoms with Crippen molar-refractivity contribution in [1.82, 2.24) is 19.5 Å². The van der Waals surface area contributed by atoms with Gasteiger partial charge in [-0.2, -0.15) is 18.3 Å². The van der Waals surface area contributed by atoms with Crippen LogP contribution in [0.3, 0.4) is 0 Å². The molecule has 0 aliphatic carbocycles. The zero-order valence-electron chi connectivity index (χ0n) is 21.1. The first-order valence-electron chi connectivity index (χ1n) is 12.2. The van der Waals surface area contributed by atoms with Crippen molar-refractivity contribution < 1.29 is 31.5 Å². The Labute approximate surface area is 224 Å². The molecule has 2 amide bonds. The highest BCUT2D eigenvalue weighted by atomic mass is 19.4. The molecule has 0 radical (unpaired) electrons. The number of benzene rings is 2. The van der Waals surface area contributed by atoms with E-state index in [2.05, 4.69) is 20.3 Å². The van der Waals surface area contributed by atoms with E-state index < -0.39 is 35.1 Å². The van der Waals surface area contributed by atoms with Crippen molar-refractivity contribution >= 4 is 28.7 Å². The molecule has 40 heavy (non-hydrogen) atoms. The molecule has 0 bridgehead atoms. The van der Waals surface area contributed by atoms with Crippen molar-refractivity contribution in [3.8, 4) is 11.1 Å². The van der Waals surface area contributed by atoms with Crippen LogP contribution in [0.5, 0.6) is 0 Å². The van der Waals surface area contributed by atoms with Gasteiger partial charge in [0.15, 0.2) is 5.82 Å². The summed E-state index contributed by atoms with van der Waals surface area (Å²) >= 11 is 0. The first-order chi connectivity index (χ1) is 19.0. The number of nitrogens with zero attached hydrogens (tertiary/aromatic N) is 4. The predicted molar refractivity (Wildman–Crippen MR) is 138 cm³/mol. The maximum atomic E-state index is 15.2. The molecule has 0 spiro atoms. The van der Waals surface area contributed by atoms with Gasteiger partial charge in [-0.3, -0.25) is 4.90 Å². The predicted octanol–water partition coefficient (Wildman–Crippen LogP) is 5.06. The number of anilines is 3. The minimum absolute atomic E-state index is 0.197. The first kappa shape index (κ1) is 27.3. The van der Waals surface area contributed by atoms with Crippen molar-refractivity contribution in [2.24, 2.45) is 0 Å². The second-order valence-corrected chi connectivity index (χ2v) is 9.26. The number of amides is 2. The van der Waals surface area contributed by atoms with Gasteiger partial charge < -0.3 is 21.1 Å². The molecule has 5 rings (SSSR count). The second kappa shape index (κ2) is 10.7. The molecule has 0 atom stereocenters. The number of carbonyl (C=O) groups is 1. The lowest BCUT2D eigenvalue weighted by Gasteiger charge is -2.26. The molecule has 14 heteroatoms. The molecule has 210 valence electrons. The zero-order chi connectivity index (χ0) is 28.6. The third-order valence-electron chi connectivity index (χ3n) is 6.54. The van der Waals surface area contributed by atoms with Crippen molar-refractivity contribution in [3.05, 3.63) is 71.2 Å². The molecule has 0 unspecified atom stereocenters. The number of nitrogens with two attached hydrogens (primary N) is 1. The fraction of sp³-hybridized carbons (Fsp3) is 0.269. The molecular weight excluding hydrogens is 537 g/mol. The summed E-state index contributed by atoms with van der Waals surface area (Å²) in [5.41, 5.74) is 6.98. The zero-order valence-corrected chi connectivity index (χ0v) is 21.1. The summed E-state index contributed by atoms with van der Waals surface area (Å²) in [5, 5.41) is 8.56. The minimum atomic E-state index is -4.74. The Hall–Kier alpha value is -4.30. The van der Waals surface area contributed by atoms with Gasteiger partial charge >= 0.3 is 12.2 Å². The van der Waals surface area contributed by atoms with Crippen LogP contribution in [0.1, 0.15) is 16.8 Å². The highest BCUT2D eigenvalue weighted by Crippen LogP contribution is 2.36. The lowest BCUT2D eigenvalue weighted by Crippen LogP contribution is -2.36. The molecule has 1 aliphatic heterocycles. The van der Waals surface area contributed by atoms with Crippen LogP contribution in [-0.2, 0) is 17.5 Å². The number of aryl methyl sites for hydroxylation is 1. The van der Waals surface area contributed by atoms with Crippen LogP contribution < -0.4 is 16.4 Å². The molecule has 4 N–H and O–H groups in total. The van der Waals surface area contributed by atoms with Crippen molar-refractivity contribution in [3.63, 3.8) is 0 Å². The Morgan fingerprint density at radius 1 is 1.02 bits per heavy atom. The summed E-state index contributed by atoms with van der Waals surface area (Å²) < 4.78 is 75.3. The number of ether oxygens (including phenoxy) is 1. The number of halogens is 5. The highest BCUT2D eigenvalue weighted by Gasteiger charge is 2.31. The maximum Gasteiger partial charge on any atom is 0.416 e. The monoisotopic (exact) mass is 561 g/mol. The third kappa shape index (κ3) is 5.53. The lowest BCUT2D eigenvalue weighted by molar-refractivity contribution is -0.137. The lowest BCUT2D eigenvalue weighted by atomic mass is 10.00. The number of hydrogen-bond donors (Lipinski definition) is 3. The van der Waals surface area contributed by atoms with Crippen LogP contribution in [0.15, 0.2) is 42.7 Å². The molecule has 1 saturated heterocycles. The summed E-state index contributed by atoms with van der Waals surface area (Å²) in [6, 6.07) is 4.89. The van der Waals surface area contributed by atoms with Gasteiger partial charge in [0, 0.05) is 25.2 Å². The molecule has 1 fully saturated rings. The Kier molecular flexibility index (Phi) is 7.29. The standard InChI is InChI=1S/C26H24F5N7O2/c1-14-8-21(35-25(39)36-22-9-15(26(29,30)31)2-3-19(22)27)20(28)11-17(14)18-10-16(12-37-4-6-40-7-5-37)38-23(18)24(32)33-13-34-38/h2-3,8-11,13H,4-7,12H2,1H3,(H2,32,33,34)(H2,35,36,39). The van der Waals surface area contributed by atoms with Crippen LogP contribution in [0.4, 0.5) is 43.9 Å². The summed E-state index contributed by atoms with van der Waals surface area (Å²) in [7, 11) is 0. The molecule has 4 aromatic rings. The van der Waals surface area contributed by atoms with Gasteiger partial charge in [-0.05, 0) is 54.4 Å². The summed E-state index contributed by atoms with van der Waals surface area (Å²) in [4.78, 5) is 18.7. The van der Waals surface area contributed by atoms with Gasteiger partial charge in [0.2, 0.25) is 0 Å². The fourth-order valence-corrected chi connectivity index (χ4v) is 4.58. The quantitative estimate of drug-likeness (QED) is 0.294. The number of nitrogen functional groups attached to an aromatic ring is 1. The van der Waals surface area contributed by atoms with Gasteiger partial charge in [0.05, 0.1) is 35.8 Å². The number of urea groups is 1. The average molecular weight is 562 g/mol. The van der Waals surface area contributed by atoms with Gasteiger partial charge in [-0.25, -0.2) is 23.1 Å². The number of aromatic nitrogens is 3. The van der Waals surface area contributed by atoms with E-state index in [0.29, 0.717) is 60.2 Å². The van der Waals surface area contributed by atoms with E-state index in [1.807, 2.05) is 11.4 Å². The molecule has 2 aromatic heterocycles. The summed E-state index contributed by atoms with van der Waals surface area (Å²) in [5.74, 6) is -1.71. The van der Waals surface area contributed by atoms with E-state index >= 15 is 4.39 Å². The third-order valence-corrected chi connectivity index (χ3v) is 6.54. The Bertz CT molecular complexity index is 1580. The first-order valence-corrected chi connectivity index (χ1v) is 12.2. The highest BCUT2D eigenvalue weighted by molar-refractivity contribution is 6.00. The van der Waals surface area contributed by atoms with Gasteiger partial charge in [0.25, 0.3) is 0 Å². The average Bonchev–Trinajstić information content (AvgIpc) is 3.26. The van der Waals surface area contributed by atoms with E-state index in [4.69, 9.17) is 10.5 Å². The van der Waals surface area contributed by atoms with Crippen LogP contribution in [0, 0.1) is 18.6 Å².